The number of fused-ring (bicyclic) bond motifs is 5. The van der Waals surface area contributed by atoms with E-state index in [1.807, 2.05) is 53.7 Å². The second-order valence-corrected chi connectivity index (χ2v) is 43.1. The Labute approximate surface area is 861 Å². The molecule has 0 bridgehead atoms. The monoisotopic (exact) mass is 1980 g/mol. The summed E-state index contributed by atoms with van der Waals surface area (Å²) in [6.07, 6.45) is 23.0. The molecule has 5 heterocycles. The van der Waals surface area contributed by atoms with Crippen LogP contribution >= 0.6 is 0 Å². The van der Waals surface area contributed by atoms with Crippen molar-refractivity contribution in [1.29, 1.82) is 0 Å². The minimum absolute atomic E-state index is 0.0750. The van der Waals surface area contributed by atoms with Crippen LogP contribution < -0.4 is 23.7 Å². The van der Waals surface area contributed by atoms with Crippen molar-refractivity contribution in [1.82, 2.24) is 0 Å². The molecule has 0 amide bonds. The summed E-state index contributed by atoms with van der Waals surface area (Å²) in [5, 5.41) is 20.8. The van der Waals surface area contributed by atoms with Crippen LogP contribution in [0, 0.1) is 69.2 Å². The highest BCUT2D eigenvalue weighted by atomic mass is 16.6. The summed E-state index contributed by atoms with van der Waals surface area (Å²) in [5.41, 5.74) is 39.0. The summed E-state index contributed by atoms with van der Waals surface area (Å²) in [7, 11) is 5.59. The van der Waals surface area contributed by atoms with Crippen LogP contribution in [0.5, 0.6) is 28.7 Å². The number of carbonyl (C=O) groups excluding carboxylic acids is 4. The Morgan fingerprint density at radius 1 is 0.322 bits per heavy atom. The molecule has 0 spiro atoms. The van der Waals surface area contributed by atoms with Gasteiger partial charge in [0.05, 0.1) is 85.5 Å². The maximum Gasteiger partial charge on any atom is 0.351 e. The van der Waals surface area contributed by atoms with Crippen molar-refractivity contribution in [3.8, 4) is 84.4 Å². The number of carbonyl (C=O) groups is 5. The molecule has 0 unspecified atom stereocenters. The number of esters is 4. The molecule has 770 valence electrons. The number of aliphatic hydroxyl groups is 1. The molecule has 7 saturated carbocycles. The molecule has 0 saturated heterocycles. The van der Waals surface area contributed by atoms with Crippen LogP contribution in [-0.4, -0.2) is 119 Å². The third-order valence-electron chi connectivity index (χ3n) is 31.5. The highest BCUT2D eigenvalue weighted by Gasteiger charge is 2.44. The minimum Gasteiger partial charge on any atom is -0.493 e. The molecule has 7 aliphatic carbocycles. The van der Waals surface area contributed by atoms with E-state index >= 15 is 0 Å². The lowest BCUT2D eigenvalue weighted by molar-refractivity contribution is -0.164. The van der Waals surface area contributed by atoms with Gasteiger partial charge in [0.2, 0.25) is 6.10 Å². The van der Waals surface area contributed by atoms with Crippen LogP contribution in [0.15, 0.2) is 134 Å². The standard InChI is InChI=1S/C27H34O4.C26H30O4.2C25H28O4.C23H26O4/c1-16-9-12-21(18-10-11-18)24(23(16)25(26(28)29-6)31-27(3,4)5)20-13-14-22-19(17(20)2)8-7-15-30-22;1-15-6-11-21(17-7-8-17)24(23(15)25(26(27)28-3)30-18-9-10-18)20-12-13-22-19(16(20)2)5-4-14-29-22;1-14-5-10-20(16-6-7-16)23(22(14)24(25(26)27)29-17-8-9-17)19-11-12-21-18(15(19)2)4-3-13-28-21;1-5-28-24(25(26)27-4)22-15(2)8-11-20(17-9-10-17)23(22)19-12-13-21-18(16(19)3)7-6-14-29-21;1-13-6-9-18(15-7-8-15)21(20(13)22(24)23(25)26-3)17-10-11-19-16(14(17)2)5-4-12-27-19/h9,12-14,18,25H,7-8,10-11,15H2,1-6H3;6,11-13,17-18,25H,4-5,7-10,14H2,1-3H3;5,10-12,16-17,24H,3-4,6-9,13H2,1-2H3,(H,26,27);5,8,11-13,17,24H,1,6-7,9-10,14H2,2-4H3;6,9-11,15,22,24H,4-5,7-8,12H2,1-3H3/t2*25-;2*24-;22-/m00000/s1. The number of carboxylic acid groups (broad SMARTS) is 1. The van der Waals surface area contributed by atoms with Crippen molar-refractivity contribution >= 4 is 29.8 Å². The zero-order chi connectivity index (χ0) is 103. The Kier molecular flexibility index (Phi) is 31.7. The Morgan fingerprint density at radius 3 is 0.815 bits per heavy atom. The molecule has 146 heavy (non-hydrogen) atoms. The number of aliphatic hydroxyl groups excluding tert-OH is 1. The van der Waals surface area contributed by atoms with E-state index < -0.39 is 54.0 Å². The number of rotatable bonds is 27. The van der Waals surface area contributed by atoms with E-state index in [4.69, 9.17) is 61.6 Å². The van der Waals surface area contributed by atoms with Crippen molar-refractivity contribution < 1.29 is 95.8 Å². The lowest BCUT2D eigenvalue weighted by Crippen LogP contribution is -2.29. The SMILES string of the molecule is C=CO[C@H](C(=O)OC)c1c(C)ccc(C2CC2)c1-c1ccc2c(c1C)CCCO2.COC(=O)[C@@H](O)c1c(C)ccc(C2CC2)c1-c1ccc2c(c1C)CCCO2.COC(=O)[C@@H](OC(C)(C)C)c1c(C)ccc(C2CC2)c1-c1ccc2c(c1C)CCCO2.COC(=O)[C@@H](OC1CC1)c1c(C)ccc(C2CC2)c1-c1ccc2c(c1C)CCCO2.Cc1ccc(C2CC2)c(-c2ccc3c(c2C)CCCO3)c1[C@H](OC1CC1)C(=O)O. The highest BCUT2D eigenvalue weighted by molar-refractivity contribution is 5.91. The summed E-state index contributed by atoms with van der Waals surface area (Å²) < 4.78 is 74.0. The molecule has 12 aliphatic rings. The third-order valence-corrected chi connectivity index (χ3v) is 31.5. The van der Waals surface area contributed by atoms with Gasteiger partial charge in [0.25, 0.3) is 0 Å². The van der Waals surface area contributed by atoms with Gasteiger partial charge < -0.3 is 71.8 Å². The lowest BCUT2D eigenvalue weighted by atomic mass is 9.83. The first-order chi connectivity index (χ1) is 70.4. The van der Waals surface area contributed by atoms with E-state index in [0.29, 0.717) is 35.2 Å². The van der Waals surface area contributed by atoms with Gasteiger partial charge in [-0.05, 0) is 471 Å². The van der Waals surface area contributed by atoms with Gasteiger partial charge in [-0.3, -0.25) is 0 Å². The van der Waals surface area contributed by atoms with Crippen LogP contribution in [0.25, 0.3) is 55.6 Å². The number of aryl methyl sites for hydroxylation is 5. The molecule has 5 aliphatic heterocycles. The predicted octanol–water partition coefficient (Wildman–Crippen LogP) is 27.2. The number of hydrogen-bond acceptors (Lipinski definition) is 19. The van der Waals surface area contributed by atoms with Crippen LogP contribution in [0.2, 0.25) is 0 Å². The van der Waals surface area contributed by atoms with Crippen molar-refractivity contribution in [3.63, 3.8) is 0 Å². The molecular formula is C126H146O20. The topological polar surface area (TPSA) is 246 Å². The van der Waals surface area contributed by atoms with Gasteiger partial charge in [-0.15, -0.1) is 0 Å². The summed E-state index contributed by atoms with van der Waals surface area (Å²) in [4.78, 5) is 62.9. The Bertz CT molecular complexity index is 6630. The second kappa shape index (κ2) is 44.5. The van der Waals surface area contributed by atoms with Crippen LogP contribution in [-0.2, 0) is 94.0 Å². The van der Waals surface area contributed by atoms with Crippen molar-refractivity contribution in [2.45, 2.75) is 322 Å². The predicted molar refractivity (Wildman–Crippen MR) is 568 cm³/mol. The summed E-state index contributed by atoms with van der Waals surface area (Å²) in [6.45, 7) is 34.4. The smallest absolute Gasteiger partial charge is 0.351 e. The maximum absolute atomic E-state index is 13.0. The number of carboxylic acids is 1. The zero-order valence-corrected chi connectivity index (χ0v) is 88.5. The van der Waals surface area contributed by atoms with Gasteiger partial charge in [-0.25, -0.2) is 24.0 Å². The van der Waals surface area contributed by atoms with Gasteiger partial charge in [0.15, 0.2) is 24.4 Å². The molecule has 5 atom stereocenters. The molecule has 0 radical (unpaired) electrons. The summed E-state index contributed by atoms with van der Waals surface area (Å²) in [6, 6.07) is 42.6. The molecular weight excluding hydrogens is 1830 g/mol. The quantitative estimate of drug-likeness (QED) is 0.0276. The Morgan fingerprint density at radius 2 is 0.562 bits per heavy atom. The third kappa shape index (κ3) is 22.4. The molecule has 20 nitrogen and oxygen atoms in total. The molecule has 7 fully saturated rings. The lowest BCUT2D eigenvalue weighted by Gasteiger charge is -2.30. The van der Waals surface area contributed by atoms with Gasteiger partial charge in [-0.1, -0.05) is 97.6 Å². The Balaban J connectivity index is 0.000000120. The average Bonchev–Trinajstić information content (AvgIpc) is 1.46. The number of benzene rings is 10. The highest BCUT2D eigenvalue weighted by Crippen LogP contribution is 2.58. The van der Waals surface area contributed by atoms with Crippen LogP contribution in [0.1, 0.15) is 342 Å². The zero-order valence-electron chi connectivity index (χ0n) is 88.5. The fourth-order valence-electron chi connectivity index (χ4n) is 22.7. The van der Waals surface area contributed by atoms with Gasteiger partial charge in [-0.2, -0.15) is 0 Å². The van der Waals surface area contributed by atoms with Crippen LogP contribution in [0.3, 0.4) is 0 Å². The van der Waals surface area contributed by atoms with Gasteiger partial charge >= 0.3 is 29.8 Å². The Hall–Kier alpha value is -12.1. The van der Waals surface area contributed by atoms with Gasteiger partial charge in [0.1, 0.15) is 28.7 Å². The van der Waals surface area contributed by atoms with Crippen LogP contribution in [0.4, 0.5) is 0 Å². The second-order valence-electron chi connectivity index (χ2n) is 43.1. The first-order valence-electron chi connectivity index (χ1n) is 53.3. The molecule has 20 heteroatoms. The van der Waals surface area contributed by atoms with E-state index in [9.17, 15) is 34.2 Å². The first kappa shape index (κ1) is 104. The van der Waals surface area contributed by atoms with Crippen molar-refractivity contribution in [2.24, 2.45) is 0 Å². The molecule has 22 rings (SSSR count). The largest absolute Gasteiger partial charge is 0.493 e. The van der Waals surface area contributed by atoms with Crippen molar-refractivity contribution in [3.05, 3.63) is 273 Å². The fraction of sp³-hybridized carbons (Fsp3) is 0.468. The average molecular weight is 1980 g/mol. The van der Waals surface area contributed by atoms with E-state index in [1.54, 1.807) is 0 Å². The van der Waals surface area contributed by atoms with Gasteiger partial charge in [0, 0.05) is 27.8 Å². The minimum atomic E-state index is -1.28. The summed E-state index contributed by atoms with van der Waals surface area (Å²) >= 11 is 0. The number of aliphatic carboxylic acids is 1. The fourth-order valence-corrected chi connectivity index (χ4v) is 22.7. The van der Waals surface area contributed by atoms with Crippen molar-refractivity contribution in [2.75, 3.05) is 61.5 Å². The van der Waals surface area contributed by atoms with E-state index in [1.165, 1.54) is 186 Å². The van der Waals surface area contributed by atoms with E-state index in [2.05, 4.69) is 164 Å². The normalized spacial score (nSPS) is 17.8. The first-order valence-corrected chi connectivity index (χ1v) is 53.3. The summed E-state index contributed by atoms with van der Waals surface area (Å²) in [5.74, 6) is 4.95. The molecule has 10 aromatic rings. The molecule has 10 aromatic carbocycles. The number of hydrogen-bond donors (Lipinski definition) is 2. The van der Waals surface area contributed by atoms with E-state index in [-0.39, 0.29) is 24.1 Å². The maximum atomic E-state index is 13.0. The van der Waals surface area contributed by atoms with E-state index in [0.717, 1.165) is 254 Å². The molecule has 2 N–H and O–H groups in total. The number of methoxy groups -OCH3 is 4. The molecule has 0 aromatic heterocycles. The number of ether oxygens (including phenoxy) is 13.